The normalized spacial score (nSPS) is 23.8. The molecule has 1 fully saturated rings. The molecule has 0 aromatic heterocycles. The number of anilines is 1. The van der Waals surface area contributed by atoms with Gasteiger partial charge in [0.1, 0.15) is 0 Å². The highest BCUT2D eigenvalue weighted by Crippen LogP contribution is 2.31. The van der Waals surface area contributed by atoms with E-state index >= 15 is 0 Å². The van der Waals surface area contributed by atoms with Crippen LogP contribution in [-0.4, -0.2) is 26.3 Å². The Kier molecular flexibility index (Phi) is 4.11. The monoisotopic (exact) mass is 264 g/mol. The van der Waals surface area contributed by atoms with Crippen LogP contribution in [0.5, 0.6) is 0 Å². The third-order valence-corrected chi connectivity index (χ3v) is 3.91. The van der Waals surface area contributed by atoms with Gasteiger partial charge in [0.25, 0.3) is 0 Å². The fourth-order valence-electron chi connectivity index (χ4n) is 2.39. The Balaban J connectivity index is 2.20. The number of halogens is 1. The van der Waals surface area contributed by atoms with Gasteiger partial charge in [0, 0.05) is 20.2 Å². The lowest BCUT2D eigenvalue weighted by Gasteiger charge is -2.38. The summed E-state index contributed by atoms with van der Waals surface area (Å²) in [6.45, 7) is 4.04. The molecule has 0 radical (unpaired) electrons. The maximum absolute atomic E-state index is 8.84. The Hall–Kier alpha value is -1.24. The van der Waals surface area contributed by atoms with E-state index in [1.807, 2.05) is 6.07 Å². The summed E-state index contributed by atoms with van der Waals surface area (Å²) >= 11 is 6.24. The molecule has 2 unspecified atom stereocenters. The van der Waals surface area contributed by atoms with Crippen molar-refractivity contribution in [3.05, 3.63) is 28.8 Å². The van der Waals surface area contributed by atoms with Crippen LogP contribution in [0.1, 0.15) is 18.9 Å². The molecular weight excluding hydrogens is 248 g/mol. The number of rotatable bonds is 2. The number of benzene rings is 1. The number of piperidine rings is 1. The fourth-order valence-corrected chi connectivity index (χ4v) is 2.69. The van der Waals surface area contributed by atoms with Gasteiger partial charge in [0.05, 0.1) is 28.4 Å². The number of nitriles is 1. The van der Waals surface area contributed by atoms with Crippen molar-refractivity contribution < 1.29 is 4.74 Å². The summed E-state index contributed by atoms with van der Waals surface area (Å²) in [5, 5.41) is 9.47. The molecule has 18 heavy (non-hydrogen) atoms. The second-order valence-corrected chi connectivity index (χ2v) is 5.17. The van der Waals surface area contributed by atoms with Crippen molar-refractivity contribution in [2.75, 3.05) is 25.1 Å². The SMILES string of the molecule is COC1CN(c2ccc(C#N)cc2Cl)CCC1C. The fraction of sp³-hybridized carbons (Fsp3) is 0.500. The number of hydrogen-bond donors (Lipinski definition) is 0. The predicted molar refractivity (Wildman–Crippen MR) is 73.0 cm³/mol. The molecule has 0 aliphatic carbocycles. The quantitative estimate of drug-likeness (QED) is 0.824. The Bertz CT molecular complexity index is 469. The largest absolute Gasteiger partial charge is 0.379 e. The number of hydrogen-bond acceptors (Lipinski definition) is 3. The average molecular weight is 265 g/mol. The van der Waals surface area contributed by atoms with Gasteiger partial charge in [-0.1, -0.05) is 18.5 Å². The first-order chi connectivity index (χ1) is 8.65. The van der Waals surface area contributed by atoms with E-state index in [1.165, 1.54) is 0 Å². The molecule has 1 aliphatic rings. The van der Waals surface area contributed by atoms with Crippen molar-refractivity contribution in [2.24, 2.45) is 5.92 Å². The van der Waals surface area contributed by atoms with Crippen molar-refractivity contribution in [1.29, 1.82) is 5.26 Å². The van der Waals surface area contributed by atoms with E-state index < -0.39 is 0 Å². The predicted octanol–water partition coefficient (Wildman–Crippen LogP) is 3.07. The van der Waals surface area contributed by atoms with Crippen molar-refractivity contribution >= 4 is 17.3 Å². The molecular formula is C14H17ClN2O. The number of ether oxygens (including phenoxy) is 1. The number of nitrogens with zero attached hydrogens (tertiary/aromatic N) is 2. The highest BCUT2D eigenvalue weighted by molar-refractivity contribution is 6.33. The van der Waals surface area contributed by atoms with Crippen LogP contribution in [0.3, 0.4) is 0 Å². The Morgan fingerprint density at radius 3 is 2.89 bits per heavy atom. The molecule has 1 aromatic carbocycles. The van der Waals surface area contributed by atoms with Crippen LogP contribution < -0.4 is 4.90 Å². The van der Waals surface area contributed by atoms with Crippen LogP contribution in [0.4, 0.5) is 5.69 Å². The first-order valence-corrected chi connectivity index (χ1v) is 6.51. The zero-order valence-electron chi connectivity index (χ0n) is 10.7. The van der Waals surface area contributed by atoms with Gasteiger partial charge in [-0.05, 0) is 30.5 Å². The zero-order chi connectivity index (χ0) is 13.1. The van der Waals surface area contributed by atoms with E-state index in [9.17, 15) is 0 Å². The molecule has 1 saturated heterocycles. The Morgan fingerprint density at radius 2 is 2.28 bits per heavy atom. The van der Waals surface area contributed by atoms with Gasteiger partial charge < -0.3 is 9.64 Å². The molecule has 1 aromatic rings. The molecule has 1 heterocycles. The van der Waals surface area contributed by atoms with Crippen molar-refractivity contribution in [3.8, 4) is 6.07 Å². The van der Waals surface area contributed by atoms with Crippen LogP contribution in [-0.2, 0) is 4.74 Å². The number of methoxy groups -OCH3 is 1. The standard InChI is InChI=1S/C14H17ClN2O/c1-10-5-6-17(9-14(10)18-2)13-4-3-11(8-16)7-12(13)15/h3-4,7,10,14H,5-6,9H2,1-2H3. The lowest BCUT2D eigenvalue weighted by molar-refractivity contribution is 0.0498. The third kappa shape index (κ3) is 2.60. The van der Waals surface area contributed by atoms with Gasteiger partial charge in [0.15, 0.2) is 0 Å². The molecule has 2 rings (SSSR count). The summed E-state index contributed by atoms with van der Waals surface area (Å²) in [5.41, 5.74) is 1.59. The second kappa shape index (κ2) is 5.60. The third-order valence-electron chi connectivity index (χ3n) is 3.61. The first kappa shape index (κ1) is 13.2. The van der Waals surface area contributed by atoms with E-state index in [0.29, 0.717) is 16.5 Å². The molecule has 0 N–H and O–H groups in total. The maximum atomic E-state index is 8.84. The molecule has 4 heteroatoms. The molecule has 0 saturated carbocycles. The maximum Gasteiger partial charge on any atom is 0.0992 e. The molecule has 0 bridgehead atoms. The minimum atomic E-state index is 0.241. The van der Waals surface area contributed by atoms with Crippen LogP contribution >= 0.6 is 11.6 Å². The van der Waals surface area contributed by atoms with E-state index in [0.717, 1.165) is 25.2 Å². The van der Waals surface area contributed by atoms with Crippen molar-refractivity contribution in [3.63, 3.8) is 0 Å². The van der Waals surface area contributed by atoms with Gasteiger partial charge in [-0.2, -0.15) is 5.26 Å². The highest BCUT2D eigenvalue weighted by Gasteiger charge is 2.27. The lowest BCUT2D eigenvalue weighted by atomic mass is 9.95. The highest BCUT2D eigenvalue weighted by atomic mass is 35.5. The van der Waals surface area contributed by atoms with Crippen molar-refractivity contribution in [1.82, 2.24) is 0 Å². The molecule has 3 nitrogen and oxygen atoms in total. The van der Waals surface area contributed by atoms with Gasteiger partial charge in [0.2, 0.25) is 0 Å². The summed E-state index contributed by atoms with van der Waals surface area (Å²) in [6.07, 6.45) is 1.33. The van der Waals surface area contributed by atoms with Gasteiger partial charge >= 0.3 is 0 Å². The zero-order valence-corrected chi connectivity index (χ0v) is 11.4. The first-order valence-electron chi connectivity index (χ1n) is 6.13. The lowest BCUT2D eigenvalue weighted by Crippen LogP contribution is -2.44. The minimum absolute atomic E-state index is 0.241. The van der Waals surface area contributed by atoms with E-state index in [1.54, 1.807) is 19.2 Å². The summed E-state index contributed by atoms with van der Waals surface area (Å²) in [4.78, 5) is 2.23. The molecule has 0 amide bonds. The van der Waals surface area contributed by atoms with Gasteiger partial charge in [-0.25, -0.2) is 0 Å². The van der Waals surface area contributed by atoms with Gasteiger partial charge in [-0.3, -0.25) is 0 Å². The van der Waals surface area contributed by atoms with Crippen LogP contribution in [0.15, 0.2) is 18.2 Å². The topological polar surface area (TPSA) is 36.3 Å². The van der Waals surface area contributed by atoms with Crippen LogP contribution in [0.25, 0.3) is 0 Å². The Labute approximate surface area is 113 Å². The van der Waals surface area contributed by atoms with E-state index in [-0.39, 0.29) is 6.10 Å². The summed E-state index contributed by atoms with van der Waals surface area (Å²) in [6, 6.07) is 7.54. The van der Waals surface area contributed by atoms with Crippen molar-refractivity contribution in [2.45, 2.75) is 19.4 Å². The molecule has 0 spiro atoms. The van der Waals surface area contributed by atoms with Crippen LogP contribution in [0.2, 0.25) is 5.02 Å². The summed E-state index contributed by atoms with van der Waals surface area (Å²) in [7, 11) is 1.76. The smallest absolute Gasteiger partial charge is 0.0992 e. The molecule has 96 valence electrons. The van der Waals surface area contributed by atoms with E-state index in [4.69, 9.17) is 21.6 Å². The second-order valence-electron chi connectivity index (χ2n) is 4.76. The summed E-state index contributed by atoms with van der Waals surface area (Å²) < 4.78 is 5.50. The van der Waals surface area contributed by atoms with Gasteiger partial charge in [-0.15, -0.1) is 0 Å². The molecule has 2 atom stereocenters. The van der Waals surface area contributed by atoms with E-state index in [2.05, 4.69) is 17.9 Å². The molecule has 1 aliphatic heterocycles. The summed E-state index contributed by atoms with van der Waals surface area (Å²) in [5.74, 6) is 0.573. The Morgan fingerprint density at radius 1 is 1.50 bits per heavy atom. The average Bonchev–Trinajstić information content (AvgIpc) is 2.39. The van der Waals surface area contributed by atoms with Crippen LogP contribution in [0, 0.1) is 17.2 Å². The minimum Gasteiger partial charge on any atom is -0.379 e.